The third-order valence-corrected chi connectivity index (χ3v) is 3.82. The molecule has 19 heavy (non-hydrogen) atoms. The molecule has 0 heterocycles. The highest BCUT2D eigenvalue weighted by atomic mass is 79.9. The van der Waals surface area contributed by atoms with Gasteiger partial charge in [-0.05, 0) is 47.9 Å². The van der Waals surface area contributed by atoms with E-state index in [4.69, 9.17) is 16.3 Å². The van der Waals surface area contributed by atoms with E-state index in [0.29, 0.717) is 10.8 Å². The summed E-state index contributed by atoms with van der Waals surface area (Å²) in [7, 11) is 1.57. The number of benzene rings is 2. The van der Waals surface area contributed by atoms with Crippen LogP contribution in [-0.4, -0.2) is 12.2 Å². The number of halogens is 2. The molecule has 2 aromatic rings. The van der Waals surface area contributed by atoms with E-state index >= 15 is 0 Å². The Kier molecular flexibility index (Phi) is 4.50. The monoisotopic (exact) mass is 340 g/mol. The van der Waals surface area contributed by atoms with Crippen LogP contribution in [0.3, 0.4) is 0 Å². The normalized spacial score (nSPS) is 12.3. The fourth-order valence-electron chi connectivity index (χ4n) is 1.94. The standard InChI is InChI=1S/C15H14BrClO2/c1-9-3-5-11(16)8-12(9)15(18)10-4-6-14(19-2)13(17)7-10/h3-8,15,18H,1-2H3. The molecule has 2 nitrogen and oxygen atoms in total. The summed E-state index contributed by atoms with van der Waals surface area (Å²) < 4.78 is 6.04. The van der Waals surface area contributed by atoms with E-state index < -0.39 is 6.10 Å². The SMILES string of the molecule is COc1ccc(C(O)c2cc(Br)ccc2C)cc1Cl. The lowest BCUT2D eigenvalue weighted by Gasteiger charge is -2.15. The maximum absolute atomic E-state index is 10.5. The average Bonchev–Trinajstić information content (AvgIpc) is 2.40. The summed E-state index contributed by atoms with van der Waals surface area (Å²) in [5.41, 5.74) is 2.63. The summed E-state index contributed by atoms with van der Waals surface area (Å²) >= 11 is 9.50. The van der Waals surface area contributed by atoms with Gasteiger partial charge in [-0.2, -0.15) is 0 Å². The number of aliphatic hydroxyl groups is 1. The van der Waals surface area contributed by atoms with E-state index in [9.17, 15) is 5.11 Å². The first kappa shape index (κ1) is 14.4. The molecule has 0 saturated heterocycles. The molecule has 100 valence electrons. The Morgan fingerprint density at radius 3 is 2.58 bits per heavy atom. The molecule has 0 aliphatic rings. The van der Waals surface area contributed by atoms with Gasteiger partial charge in [0.05, 0.1) is 12.1 Å². The largest absolute Gasteiger partial charge is 0.495 e. The van der Waals surface area contributed by atoms with Crippen LogP contribution in [0.1, 0.15) is 22.8 Å². The number of aryl methyl sites for hydroxylation is 1. The van der Waals surface area contributed by atoms with Crippen molar-refractivity contribution in [1.82, 2.24) is 0 Å². The lowest BCUT2D eigenvalue weighted by Crippen LogP contribution is -2.02. The molecule has 0 spiro atoms. The second kappa shape index (κ2) is 5.95. The number of ether oxygens (including phenoxy) is 1. The van der Waals surface area contributed by atoms with Crippen LogP contribution in [0.5, 0.6) is 5.75 Å². The van der Waals surface area contributed by atoms with Gasteiger partial charge in [0.1, 0.15) is 11.9 Å². The van der Waals surface area contributed by atoms with E-state index in [1.54, 1.807) is 19.2 Å². The van der Waals surface area contributed by atoms with Gasteiger partial charge in [0.2, 0.25) is 0 Å². The molecule has 2 rings (SSSR count). The highest BCUT2D eigenvalue weighted by Gasteiger charge is 2.15. The summed E-state index contributed by atoms with van der Waals surface area (Å²) in [5, 5.41) is 11.0. The Morgan fingerprint density at radius 2 is 1.95 bits per heavy atom. The Hall–Kier alpha value is -1.03. The zero-order chi connectivity index (χ0) is 14.0. The third-order valence-electron chi connectivity index (χ3n) is 3.03. The maximum atomic E-state index is 10.5. The van der Waals surface area contributed by atoms with Crippen LogP contribution in [-0.2, 0) is 0 Å². The fraction of sp³-hybridized carbons (Fsp3) is 0.200. The molecule has 2 aromatic carbocycles. The lowest BCUT2D eigenvalue weighted by atomic mass is 9.97. The molecular formula is C15H14BrClO2. The summed E-state index contributed by atoms with van der Waals surface area (Å²) in [5.74, 6) is 0.601. The second-order valence-corrected chi connectivity index (χ2v) is 5.62. The van der Waals surface area contributed by atoms with Crippen molar-refractivity contribution >= 4 is 27.5 Å². The van der Waals surface area contributed by atoms with Crippen LogP contribution in [0.4, 0.5) is 0 Å². The van der Waals surface area contributed by atoms with E-state index in [1.807, 2.05) is 31.2 Å². The topological polar surface area (TPSA) is 29.5 Å². The first-order valence-electron chi connectivity index (χ1n) is 5.80. The van der Waals surface area contributed by atoms with Crippen LogP contribution in [0.15, 0.2) is 40.9 Å². The maximum Gasteiger partial charge on any atom is 0.137 e. The lowest BCUT2D eigenvalue weighted by molar-refractivity contribution is 0.219. The molecule has 0 fully saturated rings. The van der Waals surface area contributed by atoms with Gasteiger partial charge in [-0.15, -0.1) is 0 Å². The number of hydrogen-bond acceptors (Lipinski definition) is 2. The minimum Gasteiger partial charge on any atom is -0.495 e. The molecule has 0 radical (unpaired) electrons. The molecule has 1 atom stereocenters. The molecule has 1 unspecified atom stereocenters. The van der Waals surface area contributed by atoms with Crippen molar-refractivity contribution in [3.05, 3.63) is 62.6 Å². The van der Waals surface area contributed by atoms with E-state index in [2.05, 4.69) is 15.9 Å². The van der Waals surface area contributed by atoms with Crippen LogP contribution >= 0.6 is 27.5 Å². The highest BCUT2D eigenvalue weighted by Crippen LogP contribution is 2.32. The van der Waals surface area contributed by atoms with Gasteiger partial charge in [0, 0.05) is 4.47 Å². The zero-order valence-electron chi connectivity index (χ0n) is 10.7. The van der Waals surface area contributed by atoms with Crippen LogP contribution < -0.4 is 4.74 Å². The summed E-state index contributed by atoms with van der Waals surface area (Å²) in [6.45, 7) is 1.97. The molecule has 0 aliphatic heterocycles. The number of rotatable bonds is 3. The third kappa shape index (κ3) is 3.11. The summed E-state index contributed by atoms with van der Waals surface area (Å²) in [4.78, 5) is 0. The molecule has 4 heteroatoms. The van der Waals surface area contributed by atoms with Gasteiger partial charge in [-0.25, -0.2) is 0 Å². The summed E-state index contributed by atoms with van der Waals surface area (Å²) in [6.07, 6.45) is -0.707. The van der Waals surface area contributed by atoms with Crippen LogP contribution in [0.2, 0.25) is 5.02 Å². The van der Waals surface area contributed by atoms with Crippen molar-refractivity contribution < 1.29 is 9.84 Å². The van der Waals surface area contributed by atoms with Crippen molar-refractivity contribution in [2.24, 2.45) is 0 Å². The minimum absolute atomic E-state index is 0.492. The molecule has 0 aromatic heterocycles. The van der Waals surface area contributed by atoms with E-state index in [1.165, 1.54) is 0 Å². The van der Waals surface area contributed by atoms with Gasteiger partial charge < -0.3 is 9.84 Å². The Labute approximate surface area is 126 Å². The zero-order valence-corrected chi connectivity index (χ0v) is 13.0. The van der Waals surface area contributed by atoms with Crippen molar-refractivity contribution in [2.45, 2.75) is 13.0 Å². The molecule has 0 aliphatic carbocycles. The quantitative estimate of drug-likeness (QED) is 0.890. The molecule has 1 N–H and O–H groups in total. The van der Waals surface area contributed by atoms with Gasteiger partial charge in [-0.1, -0.05) is 39.7 Å². The molecular weight excluding hydrogens is 328 g/mol. The minimum atomic E-state index is -0.707. The van der Waals surface area contributed by atoms with Gasteiger partial charge in [0.25, 0.3) is 0 Å². The fourth-order valence-corrected chi connectivity index (χ4v) is 2.58. The average molecular weight is 342 g/mol. The van der Waals surface area contributed by atoms with Gasteiger partial charge >= 0.3 is 0 Å². The predicted molar refractivity (Wildman–Crippen MR) is 80.9 cm³/mol. The first-order valence-corrected chi connectivity index (χ1v) is 6.97. The second-order valence-electron chi connectivity index (χ2n) is 4.30. The van der Waals surface area contributed by atoms with Crippen molar-refractivity contribution in [3.8, 4) is 5.75 Å². The first-order chi connectivity index (χ1) is 9.02. The van der Waals surface area contributed by atoms with Crippen molar-refractivity contribution in [2.75, 3.05) is 7.11 Å². The van der Waals surface area contributed by atoms with Crippen LogP contribution in [0.25, 0.3) is 0 Å². The summed E-state index contributed by atoms with van der Waals surface area (Å²) in [6, 6.07) is 11.1. The highest BCUT2D eigenvalue weighted by molar-refractivity contribution is 9.10. The Bertz CT molecular complexity index is 599. The van der Waals surface area contributed by atoms with E-state index in [0.717, 1.165) is 21.2 Å². The number of hydrogen-bond donors (Lipinski definition) is 1. The number of aliphatic hydroxyl groups excluding tert-OH is 1. The van der Waals surface area contributed by atoms with Crippen LogP contribution in [0, 0.1) is 6.92 Å². The Morgan fingerprint density at radius 1 is 1.21 bits per heavy atom. The van der Waals surface area contributed by atoms with Crippen molar-refractivity contribution in [3.63, 3.8) is 0 Å². The Balaban J connectivity index is 2.41. The van der Waals surface area contributed by atoms with Gasteiger partial charge in [0.15, 0.2) is 0 Å². The molecule has 0 bridgehead atoms. The molecule has 0 saturated carbocycles. The smallest absolute Gasteiger partial charge is 0.137 e. The molecule has 0 amide bonds. The predicted octanol–water partition coefficient (Wildman–Crippen LogP) is 4.50. The number of methoxy groups -OCH3 is 1. The van der Waals surface area contributed by atoms with Gasteiger partial charge in [-0.3, -0.25) is 0 Å². The van der Waals surface area contributed by atoms with Crippen molar-refractivity contribution in [1.29, 1.82) is 0 Å². The van der Waals surface area contributed by atoms with E-state index in [-0.39, 0.29) is 0 Å².